The van der Waals surface area contributed by atoms with Crippen LogP contribution in [0.2, 0.25) is 5.02 Å². The molecule has 0 aliphatic heterocycles. The van der Waals surface area contributed by atoms with Gasteiger partial charge in [-0.25, -0.2) is 9.07 Å². The van der Waals surface area contributed by atoms with Gasteiger partial charge >= 0.3 is 0 Å². The van der Waals surface area contributed by atoms with Crippen LogP contribution in [0.5, 0.6) is 0 Å². The predicted octanol–water partition coefficient (Wildman–Crippen LogP) is 3.94. The summed E-state index contributed by atoms with van der Waals surface area (Å²) in [6, 6.07) is 14.9. The first-order valence-corrected chi connectivity index (χ1v) is 7.06. The zero-order valence-corrected chi connectivity index (χ0v) is 12.5. The first kappa shape index (κ1) is 14.8. The molecule has 0 saturated carbocycles. The Morgan fingerprint density at radius 3 is 2.70 bits per heavy atom. The smallest absolute Gasteiger partial charge is 0.136 e. The molecule has 3 rings (SSSR count). The quantitative estimate of drug-likeness (QED) is 0.637. The second kappa shape index (κ2) is 6.36. The van der Waals surface area contributed by atoms with Crippen molar-refractivity contribution >= 4 is 11.6 Å². The molecule has 0 amide bonds. The van der Waals surface area contributed by atoms with E-state index in [1.165, 1.54) is 16.8 Å². The van der Waals surface area contributed by atoms with E-state index in [9.17, 15) is 4.39 Å². The van der Waals surface area contributed by atoms with Gasteiger partial charge < -0.3 is 0 Å². The molecule has 3 nitrogen and oxygen atoms in total. The molecule has 3 aromatic rings. The highest BCUT2D eigenvalue weighted by Crippen LogP contribution is 2.13. The van der Waals surface area contributed by atoms with Crippen LogP contribution in [0.15, 0.2) is 54.7 Å². The van der Waals surface area contributed by atoms with Crippen molar-refractivity contribution in [3.8, 4) is 23.6 Å². The molecule has 0 fully saturated rings. The third-order valence-corrected chi connectivity index (χ3v) is 3.26. The van der Waals surface area contributed by atoms with Crippen molar-refractivity contribution in [1.29, 1.82) is 5.26 Å². The van der Waals surface area contributed by atoms with E-state index in [0.717, 1.165) is 5.56 Å². The predicted molar refractivity (Wildman–Crippen MR) is 85.7 cm³/mol. The van der Waals surface area contributed by atoms with Crippen molar-refractivity contribution in [2.24, 2.45) is 0 Å². The van der Waals surface area contributed by atoms with E-state index < -0.39 is 5.82 Å². The van der Waals surface area contributed by atoms with Gasteiger partial charge in [0, 0.05) is 16.8 Å². The number of nitriles is 1. The van der Waals surface area contributed by atoms with Crippen molar-refractivity contribution < 1.29 is 4.39 Å². The topological polar surface area (TPSA) is 41.6 Å². The lowest BCUT2D eigenvalue weighted by molar-refractivity contribution is 0.625. The lowest BCUT2D eigenvalue weighted by Crippen LogP contribution is -1.97. The Kier molecular flexibility index (Phi) is 4.10. The lowest BCUT2D eigenvalue weighted by Gasteiger charge is -2.01. The maximum Gasteiger partial charge on any atom is 0.136 e. The Labute approximate surface area is 137 Å². The molecule has 0 unspecified atom stereocenters. The van der Waals surface area contributed by atoms with Crippen LogP contribution in [0.4, 0.5) is 4.39 Å². The second-order valence-corrected chi connectivity index (χ2v) is 5.15. The molecule has 110 valence electrons. The average molecular weight is 322 g/mol. The van der Waals surface area contributed by atoms with Crippen molar-refractivity contribution in [1.82, 2.24) is 9.78 Å². The third kappa shape index (κ3) is 3.58. The van der Waals surface area contributed by atoms with E-state index in [-0.39, 0.29) is 5.56 Å². The van der Waals surface area contributed by atoms with Crippen LogP contribution in [0.3, 0.4) is 0 Å². The van der Waals surface area contributed by atoms with Gasteiger partial charge in [-0.1, -0.05) is 23.6 Å². The minimum absolute atomic E-state index is 0.238. The summed E-state index contributed by atoms with van der Waals surface area (Å²) < 4.78 is 15.0. The summed E-state index contributed by atoms with van der Waals surface area (Å²) in [6.45, 7) is 0. The SMILES string of the molecule is N#Cc1cc(F)cc(-n2ccc(C#Cc3cccc(Cl)c3)n2)c1. The molecular weight excluding hydrogens is 313 g/mol. The molecule has 0 bridgehead atoms. The first-order valence-electron chi connectivity index (χ1n) is 6.68. The minimum Gasteiger partial charge on any atom is -0.240 e. The number of nitrogens with zero attached hydrogens (tertiary/aromatic N) is 3. The van der Waals surface area contributed by atoms with Crippen molar-refractivity contribution in [3.63, 3.8) is 0 Å². The number of rotatable bonds is 1. The molecule has 5 heteroatoms. The van der Waals surface area contributed by atoms with Gasteiger partial charge in [-0.15, -0.1) is 0 Å². The summed E-state index contributed by atoms with van der Waals surface area (Å²) >= 11 is 5.90. The van der Waals surface area contributed by atoms with Gasteiger partial charge in [-0.05, 0) is 48.4 Å². The van der Waals surface area contributed by atoms with Crippen molar-refractivity contribution in [2.45, 2.75) is 0 Å². The summed E-state index contributed by atoms with van der Waals surface area (Å²) in [4.78, 5) is 0. The number of hydrogen-bond donors (Lipinski definition) is 0. The highest BCUT2D eigenvalue weighted by Gasteiger charge is 2.04. The van der Waals surface area contributed by atoms with E-state index in [0.29, 0.717) is 16.4 Å². The lowest BCUT2D eigenvalue weighted by atomic mass is 10.2. The van der Waals surface area contributed by atoms with Gasteiger partial charge in [0.1, 0.15) is 11.5 Å². The van der Waals surface area contributed by atoms with Gasteiger partial charge in [-0.2, -0.15) is 10.4 Å². The number of benzene rings is 2. The Morgan fingerprint density at radius 1 is 1.04 bits per heavy atom. The summed E-state index contributed by atoms with van der Waals surface area (Å²) in [6.07, 6.45) is 1.66. The second-order valence-electron chi connectivity index (χ2n) is 4.72. The first-order chi connectivity index (χ1) is 11.1. The molecule has 0 aliphatic rings. The largest absolute Gasteiger partial charge is 0.240 e. The van der Waals surface area contributed by atoms with E-state index >= 15 is 0 Å². The molecule has 0 aliphatic carbocycles. The van der Waals surface area contributed by atoms with Gasteiger partial charge in [0.15, 0.2) is 0 Å². The molecule has 0 radical (unpaired) electrons. The molecule has 0 spiro atoms. The molecule has 1 aromatic heterocycles. The number of halogens is 2. The average Bonchev–Trinajstić information content (AvgIpc) is 3.01. The van der Waals surface area contributed by atoms with Gasteiger partial charge in [0.25, 0.3) is 0 Å². The van der Waals surface area contributed by atoms with Gasteiger partial charge in [0.05, 0.1) is 17.3 Å². The molecule has 0 N–H and O–H groups in total. The summed E-state index contributed by atoms with van der Waals surface area (Å²) in [5.41, 5.74) is 2.02. The van der Waals surface area contributed by atoms with Gasteiger partial charge in [0.2, 0.25) is 0 Å². The molecule has 0 atom stereocenters. The fourth-order valence-corrected chi connectivity index (χ4v) is 2.20. The molecular formula is C18H9ClFN3. The Bertz CT molecular complexity index is 974. The standard InChI is InChI=1S/C18H9ClFN3/c19-15-3-1-2-13(8-15)4-5-17-6-7-23(22-17)18-10-14(12-21)9-16(20)11-18/h1-3,6-11H. The van der Waals surface area contributed by atoms with E-state index in [4.69, 9.17) is 16.9 Å². The molecule has 23 heavy (non-hydrogen) atoms. The summed E-state index contributed by atoms with van der Waals surface area (Å²) in [7, 11) is 0. The molecule has 1 heterocycles. The van der Waals surface area contributed by atoms with Crippen LogP contribution in [0.1, 0.15) is 16.8 Å². The third-order valence-electron chi connectivity index (χ3n) is 3.02. The Hall–Kier alpha value is -3.08. The van der Waals surface area contributed by atoms with Crippen molar-refractivity contribution in [3.05, 3.63) is 82.4 Å². The minimum atomic E-state index is -0.485. The maximum atomic E-state index is 13.5. The highest BCUT2D eigenvalue weighted by molar-refractivity contribution is 6.30. The zero-order chi connectivity index (χ0) is 16.2. The Balaban J connectivity index is 1.90. The van der Waals surface area contributed by atoms with Gasteiger partial charge in [-0.3, -0.25) is 0 Å². The summed E-state index contributed by atoms with van der Waals surface area (Å²) in [5.74, 6) is 5.40. The van der Waals surface area contributed by atoms with Crippen LogP contribution in [0, 0.1) is 29.0 Å². The summed E-state index contributed by atoms with van der Waals surface area (Å²) in [5, 5.41) is 13.8. The highest BCUT2D eigenvalue weighted by atomic mass is 35.5. The van der Waals surface area contributed by atoms with Crippen LogP contribution in [0.25, 0.3) is 5.69 Å². The molecule has 0 saturated heterocycles. The Morgan fingerprint density at radius 2 is 1.91 bits per heavy atom. The van der Waals surface area contributed by atoms with Crippen molar-refractivity contribution in [2.75, 3.05) is 0 Å². The van der Waals surface area contributed by atoms with E-state index in [1.807, 2.05) is 18.2 Å². The van der Waals surface area contributed by atoms with Crippen LogP contribution in [-0.4, -0.2) is 9.78 Å². The van der Waals surface area contributed by atoms with E-state index in [2.05, 4.69) is 16.9 Å². The fourth-order valence-electron chi connectivity index (χ4n) is 2.01. The maximum absolute atomic E-state index is 13.5. The van der Waals surface area contributed by atoms with Crippen LogP contribution < -0.4 is 0 Å². The van der Waals surface area contributed by atoms with E-state index in [1.54, 1.807) is 30.5 Å². The fraction of sp³-hybridized carbons (Fsp3) is 0. The normalized spacial score (nSPS) is 9.78. The number of aromatic nitrogens is 2. The van der Waals surface area contributed by atoms with Crippen LogP contribution in [-0.2, 0) is 0 Å². The molecule has 2 aromatic carbocycles. The monoisotopic (exact) mass is 321 g/mol. The number of hydrogen-bond acceptors (Lipinski definition) is 2. The van der Waals surface area contributed by atoms with Crippen LogP contribution >= 0.6 is 11.6 Å². The zero-order valence-electron chi connectivity index (χ0n) is 11.8.